The lowest BCUT2D eigenvalue weighted by Gasteiger charge is -2.06. The minimum atomic E-state index is -0.459. The highest BCUT2D eigenvalue weighted by Crippen LogP contribution is 2.22. The molecule has 0 aliphatic rings. The van der Waals surface area contributed by atoms with Crippen molar-refractivity contribution in [1.82, 2.24) is 15.0 Å². The summed E-state index contributed by atoms with van der Waals surface area (Å²) in [5.74, 6) is 1.27. The Hall–Kier alpha value is -4.46. The summed E-state index contributed by atoms with van der Waals surface area (Å²) in [6.45, 7) is 2.70. The second kappa shape index (κ2) is 11.1. The van der Waals surface area contributed by atoms with Crippen molar-refractivity contribution in [2.24, 2.45) is 0 Å². The van der Waals surface area contributed by atoms with E-state index in [4.69, 9.17) is 9.47 Å². The summed E-state index contributed by atoms with van der Waals surface area (Å²) in [6, 6.07) is 16.1. The number of benzene rings is 2. The Balaban J connectivity index is 1.57. The number of aromatic amines is 2. The lowest BCUT2D eigenvalue weighted by Crippen LogP contribution is -2.46. The van der Waals surface area contributed by atoms with Crippen molar-refractivity contribution in [2.45, 2.75) is 19.8 Å². The fraction of sp³-hybridized carbons (Fsp3) is 0.148. The van der Waals surface area contributed by atoms with Crippen molar-refractivity contribution in [3.05, 3.63) is 115 Å². The van der Waals surface area contributed by atoms with Crippen LogP contribution in [0.3, 0.4) is 0 Å². The summed E-state index contributed by atoms with van der Waals surface area (Å²) < 4.78 is 24.4. The molecule has 7 nitrogen and oxygen atoms in total. The van der Waals surface area contributed by atoms with Crippen molar-refractivity contribution in [3.63, 3.8) is 0 Å². The first-order chi connectivity index (χ1) is 17.0. The maximum Gasteiger partial charge on any atom is 0.272 e. The third-order valence-corrected chi connectivity index (χ3v) is 5.02. The van der Waals surface area contributed by atoms with Gasteiger partial charge in [0.05, 0.1) is 18.5 Å². The molecule has 4 rings (SSSR count). The topological polar surface area (TPSA) is 97.1 Å². The number of aromatic nitrogens is 3. The zero-order chi connectivity index (χ0) is 24.6. The lowest BCUT2D eigenvalue weighted by atomic mass is 10.2. The van der Waals surface area contributed by atoms with Crippen LogP contribution in [-0.2, 0) is 0 Å². The Labute approximate surface area is 200 Å². The van der Waals surface area contributed by atoms with Gasteiger partial charge in [-0.05, 0) is 72.7 Å². The van der Waals surface area contributed by atoms with Crippen molar-refractivity contribution in [2.75, 3.05) is 6.61 Å². The molecule has 2 N–H and O–H groups in total. The molecule has 0 saturated heterocycles. The molecular formula is C27H24FN3O4. The van der Waals surface area contributed by atoms with Crippen molar-refractivity contribution in [1.29, 1.82) is 0 Å². The molecule has 0 radical (unpaired) electrons. The van der Waals surface area contributed by atoms with Crippen molar-refractivity contribution in [3.8, 4) is 17.2 Å². The molecule has 2 heterocycles. The molecular weight excluding hydrogens is 449 g/mol. The van der Waals surface area contributed by atoms with Gasteiger partial charge in [0.15, 0.2) is 0 Å². The van der Waals surface area contributed by atoms with Gasteiger partial charge in [0.25, 0.3) is 11.1 Å². The summed E-state index contributed by atoms with van der Waals surface area (Å²) in [7, 11) is 0. The Kier molecular flexibility index (Phi) is 7.52. The molecule has 0 aliphatic carbocycles. The van der Waals surface area contributed by atoms with E-state index in [1.807, 2.05) is 0 Å². The molecule has 0 aliphatic heterocycles. The van der Waals surface area contributed by atoms with Gasteiger partial charge in [0.1, 0.15) is 33.8 Å². The maximum absolute atomic E-state index is 13.1. The average Bonchev–Trinajstić information content (AvgIpc) is 2.85. The van der Waals surface area contributed by atoms with E-state index in [0.717, 1.165) is 12.8 Å². The molecule has 2 aromatic heterocycles. The number of ether oxygens (including phenoxy) is 2. The van der Waals surface area contributed by atoms with Crippen LogP contribution in [0.25, 0.3) is 12.2 Å². The standard InChI is InChI=1S/C27H24FN3O4/c1-2-3-13-34-23-12-9-20(29-17-23)16-25-27(33)30-24(26(32)31-25)15-18-5-4-6-22(14-18)35-21-10-7-19(28)8-11-21/h4-12,14-17H,2-3,13H2,1H3,(H,30,33)(H,31,32)/b24-15-,25-16-. The molecule has 8 heteroatoms. The van der Waals surface area contributed by atoms with Crippen LogP contribution in [0.15, 0.2) is 76.4 Å². The molecule has 0 unspecified atom stereocenters. The van der Waals surface area contributed by atoms with E-state index in [2.05, 4.69) is 21.9 Å². The molecule has 2 aromatic carbocycles. The first-order valence-corrected chi connectivity index (χ1v) is 11.2. The first kappa shape index (κ1) is 23.7. The number of H-pyrrole nitrogens is 2. The predicted molar refractivity (Wildman–Crippen MR) is 132 cm³/mol. The fourth-order valence-corrected chi connectivity index (χ4v) is 3.21. The van der Waals surface area contributed by atoms with E-state index in [1.165, 1.54) is 30.3 Å². The summed E-state index contributed by atoms with van der Waals surface area (Å²) in [4.78, 5) is 34.7. The Morgan fingerprint density at radius 1 is 0.886 bits per heavy atom. The van der Waals surface area contributed by atoms with Gasteiger partial charge in [-0.25, -0.2) is 4.39 Å². The number of hydrogen-bond donors (Lipinski definition) is 2. The van der Waals surface area contributed by atoms with Crippen LogP contribution in [0.2, 0.25) is 0 Å². The number of halogens is 1. The highest BCUT2D eigenvalue weighted by Gasteiger charge is 2.02. The summed E-state index contributed by atoms with van der Waals surface area (Å²) in [5.41, 5.74) is 0.235. The lowest BCUT2D eigenvalue weighted by molar-refractivity contribution is 0.308. The second-order valence-corrected chi connectivity index (χ2v) is 7.77. The van der Waals surface area contributed by atoms with E-state index >= 15 is 0 Å². The number of nitrogens with zero attached hydrogens (tertiary/aromatic N) is 1. The highest BCUT2D eigenvalue weighted by atomic mass is 19.1. The molecule has 0 bridgehead atoms. The SMILES string of the molecule is CCCCOc1ccc(/C=c2\[nH]c(=O)/c(=C/c3cccc(Oc4ccc(F)cc4)c3)[nH]c2=O)nc1. The van der Waals surface area contributed by atoms with Gasteiger partial charge in [0, 0.05) is 0 Å². The van der Waals surface area contributed by atoms with Gasteiger partial charge in [0.2, 0.25) is 0 Å². The molecule has 0 amide bonds. The molecule has 0 atom stereocenters. The van der Waals surface area contributed by atoms with Crippen LogP contribution in [0, 0.1) is 5.82 Å². The third kappa shape index (κ3) is 6.54. The van der Waals surface area contributed by atoms with Crippen LogP contribution in [0.4, 0.5) is 4.39 Å². The van der Waals surface area contributed by atoms with Gasteiger partial charge in [-0.2, -0.15) is 0 Å². The van der Waals surface area contributed by atoms with Crippen LogP contribution < -0.4 is 31.3 Å². The zero-order valence-electron chi connectivity index (χ0n) is 19.1. The monoisotopic (exact) mass is 473 g/mol. The highest BCUT2D eigenvalue weighted by molar-refractivity contribution is 5.51. The third-order valence-electron chi connectivity index (χ3n) is 5.02. The molecule has 35 heavy (non-hydrogen) atoms. The van der Waals surface area contributed by atoms with E-state index in [0.29, 0.717) is 35.1 Å². The van der Waals surface area contributed by atoms with Crippen molar-refractivity contribution < 1.29 is 13.9 Å². The quantitative estimate of drug-likeness (QED) is 0.383. The summed E-state index contributed by atoms with van der Waals surface area (Å²) in [6.07, 6.45) is 6.62. The number of nitrogens with one attached hydrogen (secondary N) is 2. The van der Waals surface area contributed by atoms with Crippen LogP contribution in [0.5, 0.6) is 17.2 Å². The summed E-state index contributed by atoms with van der Waals surface area (Å²) >= 11 is 0. The smallest absolute Gasteiger partial charge is 0.272 e. The van der Waals surface area contributed by atoms with Crippen LogP contribution >= 0.6 is 0 Å². The molecule has 0 spiro atoms. The van der Waals surface area contributed by atoms with Gasteiger partial charge in [-0.15, -0.1) is 0 Å². The zero-order valence-corrected chi connectivity index (χ0v) is 19.1. The van der Waals surface area contributed by atoms with E-state index in [9.17, 15) is 14.0 Å². The average molecular weight is 474 g/mol. The summed E-state index contributed by atoms with van der Waals surface area (Å²) in [5, 5.41) is 0.186. The second-order valence-electron chi connectivity index (χ2n) is 7.77. The van der Waals surface area contributed by atoms with E-state index in [1.54, 1.807) is 48.7 Å². The fourth-order valence-electron chi connectivity index (χ4n) is 3.21. The molecule has 4 aromatic rings. The number of pyridine rings is 1. The molecule has 0 saturated carbocycles. The Bertz CT molecular complexity index is 1530. The van der Waals surface area contributed by atoms with Gasteiger partial charge in [-0.3, -0.25) is 14.6 Å². The van der Waals surface area contributed by atoms with E-state index in [-0.39, 0.29) is 16.5 Å². The molecule has 178 valence electrons. The normalized spacial score (nSPS) is 12.1. The van der Waals surface area contributed by atoms with Gasteiger partial charge < -0.3 is 19.4 Å². The van der Waals surface area contributed by atoms with Crippen molar-refractivity contribution >= 4 is 12.2 Å². The predicted octanol–water partition coefficient (Wildman–Crippen LogP) is 3.23. The Morgan fingerprint density at radius 2 is 1.60 bits per heavy atom. The minimum absolute atomic E-state index is 0.0905. The number of rotatable bonds is 8. The van der Waals surface area contributed by atoms with Crippen LogP contribution in [0.1, 0.15) is 31.0 Å². The molecule has 0 fully saturated rings. The van der Waals surface area contributed by atoms with Gasteiger partial charge in [-0.1, -0.05) is 25.5 Å². The number of unbranched alkanes of at least 4 members (excludes halogenated alkanes) is 1. The van der Waals surface area contributed by atoms with E-state index < -0.39 is 11.1 Å². The Morgan fingerprint density at radius 3 is 2.29 bits per heavy atom. The largest absolute Gasteiger partial charge is 0.492 e. The minimum Gasteiger partial charge on any atom is -0.492 e. The first-order valence-electron chi connectivity index (χ1n) is 11.2. The number of hydrogen-bond acceptors (Lipinski definition) is 5. The van der Waals surface area contributed by atoms with Gasteiger partial charge >= 0.3 is 0 Å². The maximum atomic E-state index is 13.1. The van der Waals surface area contributed by atoms with Crippen LogP contribution in [-0.4, -0.2) is 21.6 Å².